The number of hydrogen-bond acceptors (Lipinski definition) is 4. The number of phenolic OH excluding ortho intramolecular Hbond substituents is 1. The van der Waals surface area contributed by atoms with Crippen LogP contribution in [0.2, 0.25) is 0 Å². The second-order valence-electron chi connectivity index (χ2n) is 8.19. The molecule has 0 aromatic heterocycles. The number of carbonyl (C=O) groups excluding carboxylic acids is 1. The summed E-state index contributed by atoms with van der Waals surface area (Å²) in [5.41, 5.74) is 6.45. The fourth-order valence-electron chi connectivity index (χ4n) is 4.27. The van der Waals surface area contributed by atoms with Crippen LogP contribution in [0.4, 0.5) is 0 Å². The van der Waals surface area contributed by atoms with Gasteiger partial charge in [0.05, 0.1) is 4.90 Å². The van der Waals surface area contributed by atoms with E-state index in [4.69, 9.17) is 0 Å². The van der Waals surface area contributed by atoms with Crippen LogP contribution in [0.5, 0.6) is 5.75 Å². The van der Waals surface area contributed by atoms with Gasteiger partial charge in [0.2, 0.25) is 15.9 Å². The molecular formula is C23H30N2O4S. The van der Waals surface area contributed by atoms with Crippen LogP contribution in [0, 0.1) is 34.6 Å². The monoisotopic (exact) mass is 430 g/mol. The van der Waals surface area contributed by atoms with Crippen molar-refractivity contribution in [3.05, 3.63) is 57.1 Å². The molecule has 2 aromatic rings. The summed E-state index contributed by atoms with van der Waals surface area (Å²) in [5.74, 6) is 0.0474. The third-order valence-corrected chi connectivity index (χ3v) is 8.11. The smallest absolute Gasteiger partial charge is 0.241 e. The first-order valence-electron chi connectivity index (χ1n) is 10.2. The van der Waals surface area contributed by atoms with E-state index in [1.54, 1.807) is 12.1 Å². The molecule has 0 saturated heterocycles. The Hall–Kier alpha value is -2.38. The van der Waals surface area contributed by atoms with Crippen molar-refractivity contribution in [3.8, 4) is 5.75 Å². The molecule has 0 spiro atoms. The zero-order valence-corrected chi connectivity index (χ0v) is 19.0. The fraction of sp³-hybridized carbons (Fsp3) is 0.435. The van der Waals surface area contributed by atoms with Gasteiger partial charge in [0.25, 0.3) is 0 Å². The van der Waals surface area contributed by atoms with Crippen LogP contribution < -0.4 is 10.0 Å². The Morgan fingerprint density at radius 2 is 1.60 bits per heavy atom. The second-order valence-corrected chi connectivity index (χ2v) is 9.89. The highest BCUT2D eigenvalue weighted by molar-refractivity contribution is 7.89. The van der Waals surface area contributed by atoms with E-state index in [1.165, 1.54) is 0 Å². The average molecular weight is 431 g/mol. The molecule has 1 aliphatic carbocycles. The summed E-state index contributed by atoms with van der Waals surface area (Å²) in [5, 5.41) is 12.9. The number of amides is 1. The lowest BCUT2D eigenvalue weighted by Gasteiger charge is -2.19. The molecule has 7 heteroatoms. The van der Waals surface area contributed by atoms with Gasteiger partial charge in [-0.25, -0.2) is 13.1 Å². The van der Waals surface area contributed by atoms with Gasteiger partial charge in [-0.3, -0.25) is 4.79 Å². The normalized spacial score (nSPS) is 15.8. The van der Waals surface area contributed by atoms with Gasteiger partial charge in [-0.2, -0.15) is 0 Å². The molecule has 1 aliphatic rings. The molecule has 3 N–H and O–H groups in total. The molecule has 0 aliphatic heterocycles. The lowest BCUT2D eigenvalue weighted by atomic mass is 9.95. The van der Waals surface area contributed by atoms with Crippen molar-refractivity contribution in [1.82, 2.24) is 10.0 Å². The van der Waals surface area contributed by atoms with Crippen LogP contribution in [0.1, 0.15) is 45.4 Å². The number of carbonyl (C=O) groups is 1. The molecule has 3 rings (SSSR count). The largest absolute Gasteiger partial charge is 0.508 e. The van der Waals surface area contributed by atoms with Gasteiger partial charge in [-0.05, 0) is 92.5 Å². The van der Waals surface area contributed by atoms with E-state index in [0.717, 1.165) is 38.9 Å². The highest BCUT2D eigenvalue weighted by Gasteiger charge is 2.26. The van der Waals surface area contributed by atoms with Crippen molar-refractivity contribution in [3.63, 3.8) is 0 Å². The van der Waals surface area contributed by atoms with E-state index in [1.807, 2.05) is 40.7 Å². The minimum absolute atomic E-state index is 0.0317. The molecule has 0 radical (unpaired) electrons. The summed E-state index contributed by atoms with van der Waals surface area (Å²) in [6.07, 6.45) is 1.31. The predicted molar refractivity (Wildman–Crippen MR) is 117 cm³/mol. The Morgan fingerprint density at radius 1 is 1.00 bits per heavy atom. The number of benzene rings is 2. The van der Waals surface area contributed by atoms with E-state index in [2.05, 4.69) is 10.0 Å². The minimum atomic E-state index is -3.72. The quantitative estimate of drug-likeness (QED) is 0.657. The summed E-state index contributed by atoms with van der Waals surface area (Å²) < 4.78 is 28.4. The third-order valence-electron chi connectivity index (χ3n) is 6.37. The fourth-order valence-corrected chi connectivity index (χ4v) is 5.90. The highest BCUT2D eigenvalue weighted by Crippen LogP contribution is 2.30. The van der Waals surface area contributed by atoms with Gasteiger partial charge < -0.3 is 10.4 Å². The van der Waals surface area contributed by atoms with E-state index in [-0.39, 0.29) is 30.7 Å². The minimum Gasteiger partial charge on any atom is -0.508 e. The van der Waals surface area contributed by atoms with Gasteiger partial charge in [-0.15, -0.1) is 0 Å². The summed E-state index contributed by atoms with van der Waals surface area (Å²) in [7, 11) is -3.72. The van der Waals surface area contributed by atoms with Gasteiger partial charge in [0, 0.05) is 19.0 Å². The van der Waals surface area contributed by atoms with Crippen molar-refractivity contribution >= 4 is 15.9 Å². The number of phenols is 1. The number of nitrogens with one attached hydrogen (secondary N) is 2. The van der Waals surface area contributed by atoms with Crippen LogP contribution in [0.25, 0.3) is 0 Å². The Balaban J connectivity index is 1.60. The van der Waals surface area contributed by atoms with E-state index >= 15 is 0 Å². The Morgan fingerprint density at radius 3 is 2.20 bits per heavy atom. The Bertz CT molecular complexity index is 1080. The lowest BCUT2D eigenvalue weighted by molar-refractivity contribution is -0.121. The van der Waals surface area contributed by atoms with Crippen molar-refractivity contribution in [2.24, 2.45) is 0 Å². The average Bonchev–Trinajstić information content (AvgIpc) is 3.08. The molecule has 2 aromatic carbocycles. The molecule has 0 heterocycles. The molecule has 0 saturated carbocycles. The summed E-state index contributed by atoms with van der Waals surface area (Å²) >= 11 is 0. The van der Waals surface area contributed by atoms with Gasteiger partial charge in [0.1, 0.15) is 5.75 Å². The molecule has 1 amide bonds. The maximum Gasteiger partial charge on any atom is 0.241 e. The summed E-state index contributed by atoms with van der Waals surface area (Å²) in [4.78, 5) is 12.6. The van der Waals surface area contributed by atoms with Crippen LogP contribution in [-0.2, 0) is 27.7 Å². The number of sulfonamides is 1. The molecule has 1 unspecified atom stereocenters. The number of aromatic hydroxyl groups is 1. The van der Waals surface area contributed by atoms with Crippen LogP contribution in [0.3, 0.4) is 0 Å². The molecule has 0 fully saturated rings. The molecule has 0 bridgehead atoms. The molecule has 30 heavy (non-hydrogen) atoms. The summed E-state index contributed by atoms with van der Waals surface area (Å²) in [6.45, 7) is 9.54. The molecule has 1 atom stereocenters. The van der Waals surface area contributed by atoms with Gasteiger partial charge >= 0.3 is 0 Å². The zero-order valence-electron chi connectivity index (χ0n) is 18.2. The van der Waals surface area contributed by atoms with Crippen molar-refractivity contribution < 1.29 is 18.3 Å². The van der Waals surface area contributed by atoms with Gasteiger partial charge in [0.15, 0.2) is 0 Å². The standard InChI is InChI=1S/C23H30N2O4S/c1-13-14(2)16(4)23(17(5)15(13)3)30(28,29)24-10-9-22(27)25-19-11-18-7-6-8-21(26)20(18)12-19/h6-8,19,24,26H,9-12H2,1-5H3,(H,25,27). The maximum atomic E-state index is 12.9. The van der Waals surface area contributed by atoms with E-state index in [0.29, 0.717) is 17.7 Å². The van der Waals surface area contributed by atoms with E-state index < -0.39 is 10.0 Å². The first kappa shape index (κ1) is 22.3. The second kappa shape index (κ2) is 8.40. The Kier molecular flexibility index (Phi) is 6.24. The van der Waals surface area contributed by atoms with Gasteiger partial charge in [-0.1, -0.05) is 12.1 Å². The first-order valence-corrected chi connectivity index (χ1v) is 11.7. The van der Waals surface area contributed by atoms with Crippen molar-refractivity contribution in [2.45, 2.75) is 64.8 Å². The molecular weight excluding hydrogens is 400 g/mol. The number of rotatable bonds is 6. The van der Waals surface area contributed by atoms with Crippen LogP contribution in [-0.4, -0.2) is 32.0 Å². The number of hydrogen-bond donors (Lipinski definition) is 3. The number of fused-ring (bicyclic) bond motifs is 1. The first-order chi connectivity index (χ1) is 14.0. The van der Waals surface area contributed by atoms with Crippen molar-refractivity contribution in [2.75, 3.05) is 6.54 Å². The van der Waals surface area contributed by atoms with E-state index in [9.17, 15) is 18.3 Å². The lowest BCUT2D eigenvalue weighted by Crippen LogP contribution is -2.37. The molecule has 6 nitrogen and oxygen atoms in total. The zero-order chi connectivity index (χ0) is 22.2. The highest BCUT2D eigenvalue weighted by atomic mass is 32.2. The van der Waals surface area contributed by atoms with Crippen LogP contribution >= 0.6 is 0 Å². The topological polar surface area (TPSA) is 95.5 Å². The predicted octanol–water partition coefficient (Wildman–Crippen LogP) is 2.89. The molecule has 162 valence electrons. The maximum absolute atomic E-state index is 12.9. The van der Waals surface area contributed by atoms with Crippen molar-refractivity contribution in [1.29, 1.82) is 0 Å². The Labute approximate surface area is 178 Å². The summed E-state index contributed by atoms with van der Waals surface area (Å²) in [6, 6.07) is 5.32. The third kappa shape index (κ3) is 4.23. The van der Waals surface area contributed by atoms with Crippen LogP contribution in [0.15, 0.2) is 23.1 Å². The SMILES string of the molecule is Cc1c(C)c(C)c(S(=O)(=O)NCCC(=O)NC2Cc3cccc(O)c3C2)c(C)c1C.